The number of benzene rings is 3. The lowest BCUT2D eigenvalue weighted by atomic mass is 9.89. The molecule has 0 atom stereocenters. The number of fused-ring (bicyclic) bond motifs is 3. The van der Waals surface area contributed by atoms with Gasteiger partial charge < -0.3 is 0 Å². The summed E-state index contributed by atoms with van der Waals surface area (Å²) in [7, 11) is 0. The van der Waals surface area contributed by atoms with Crippen molar-refractivity contribution < 1.29 is 4.48 Å². The van der Waals surface area contributed by atoms with E-state index in [1.165, 1.54) is 32.7 Å². The molecule has 5 rings (SSSR count). The highest BCUT2D eigenvalue weighted by Crippen LogP contribution is 2.35. The Bertz CT molecular complexity index is 1450. The lowest BCUT2D eigenvalue weighted by Crippen LogP contribution is -2.15. The molecule has 34 heavy (non-hydrogen) atoms. The lowest BCUT2D eigenvalue weighted by molar-refractivity contribution is 0.0783. The molecule has 1 aliphatic heterocycles. The van der Waals surface area contributed by atoms with Gasteiger partial charge in [0.1, 0.15) is 6.67 Å². The topological polar surface area (TPSA) is 15.6 Å². The molecule has 0 unspecified atom stereocenters. The molecule has 0 saturated carbocycles. The van der Waals surface area contributed by atoms with Gasteiger partial charge in [-0.15, -0.1) is 0 Å². The molecule has 0 N–H and O–H groups in total. The zero-order valence-electron chi connectivity index (χ0n) is 19.8. The molecule has 1 aliphatic carbocycles. The third-order valence-corrected chi connectivity index (χ3v) is 6.80. The quantitative estimate of drug-likeness (QED) is 0.222. The fraction of sp³-hybridized carbons (Fsp3) is 0.194. The van der Waals surface area contributed by atoms with Crippen molar-refractivity contribution >= 4 is 33.3 Å². The van der Waals surface area contributed by atoms with Crippen molar-refractivity contribution in [1.82, 2.24) is 5.12 Å². The summed E-state index contributed by atoms with van der Waals surface area (Å²) >= 11 is 0. The number of aliphatic imine (C=N–C) groups is 1. The van der Waals surface area contributed by atoms with Crippen molar-refractivity contribution in [3.05, 3.63) is 113 Å². The smallest absolute Gasteiger partial charge is 0.141 e. The summed E-state index contributed by atoms with van der Waals surface area (Å²) in [6, 6.07) is 15.1. The Morgan fingerprint density at radius 2 is 1.79 bits per heavy atom. The second-order valence-electron chi connectivity index (χ2n) is 8.99. The van der Waals surface area contributed by atoms with Gasteiger partial charge in [-0.3, -0.25) is 4.99 Å². The number of allylic oxidation sites excluding steroid dienone is 6. The first-order chi connectivity index (χ1) is 16.6. The van der Waals surface area contributed by atoms with Crippen molar-refractivity contribution in [2.24, 2.45) is 4.99 Å². The molecule has 2 aliphatic rings. The molecule has 1 heterocycles. The molecular formula is C31H29FN2. The van der Waals surface area contributed by atoms with Crippen LogP contribution in [0.3, 0.4) is 0 Å². The molecule has 0 bridgehead atoms. The molecule has 170 valence electrons. The predicted molar refractivity (Wildman–Crippen MR) is 144 cm³/mol. The van der Waals surface area contributed by atoms with E-state index < -0.39 is 0 Å². The lowest BCUT2D eigenvalue weighted by Gasteiger charge is -2.19. The van der Waals surface area contributed by atoms with Crippen LogP contribution in [0.15, 0.2) is 101 Å². The Hall–Kier alpha value is -3.72. The van der Waals surface area contributed by atoms with Crippen molar-refractivity contribution in [3.8, 4) is 0 Å². The van der Waals surface area contributed by atoms with Gasteiger partial charge in [0.05, 0.1) is 5.70 Å². The van der Waals surface area contributed by atoms with E-state index in [-0.39, 0.29) is 6.67 Å². The van der Waals surface area contributed by atoms with Crippen molar-refractivity contribution in [2.45, 2.75) is 33.1 Å². The number of hydrogen-bond donors (Lipinski definition) is 0. The Balaban J connectivity index is 1.65. The maximum atomic E-state index is 15.1. The molecule has 3 heteroatoms. The first kappa shape index (κ1) is 22.1. The van der Waals surface area contributed by atoms with Crippen LogP contribution in [-0.2, 0) is 0 Å². The van der Waals surface area contributed by atoms with Crippen LogP contribution in [0, 0.1) is 6.92 Å². The monoisotopic (exact) mass is 448 g/mol. The molecule has 2 nitrogen and oxygen atoms in total. The van der Waals surface area contributed by atoms with E-state index in [2.05, 4.69) is 74.2 Å². The van der Waals surface area contributed by atoms with Gasteiger partial charge in [0.25, 0.3) is 0 Å². The number of nitrogens with zero attached hydrogens (tertiary/aromatic N) is 2. The average Bonchev–Trinajstić information content (AvgIpc) is 3.01. The molecule has 0 aromatic heterocycles. The van der Waals surface area contributed by atoms with Gasteiger partial charge in [-0.05, 0) is 82.1 Å². The fourth-order valence-corrected chi connectivity index (χ4v) is 5.14. The summed E-state index contributed by atoms with van der Waals surface area (Å²) in [5.74, 6) is 0. The van der Waals surface area contributed by atoms with Crippen LogP contribution in [0.25, 0.3) is 27.6 Å². The SMILES string of the molecule is C=C/C=C\c1c(C)c2ccccc2c2ccc(C3=NCN(F)C(C4=CCCC=C4)=C(C)C3)cc12. The van der Waals surface area contributed by atoms with Crippen molar-refractivity contribution in [1.29, 1.82) is 0 Å². The third-order valence-electron chi connectivity index (χ3n) is 6.80. The summed E-state index contributed by atoms with van der Waals surface area (Å²) in [4.78, 5) is 4.69. The summed E-state index contributed by atoms with van der Waals surface area (Å²) < 4.78 is 15.1. The third kappa shape index (κ3) is 3.92. The first-order valence-electron chi connectivity index (χ1n) is 11.9. The van der Waals surface area contributed by atoms with Crippen LogP contribution in [-0.4, -0.2) is 17.5 Å². The van der Waals surface area contributed by atoms with Crippen molar-refractivity contribution in [3.63, 3.8) is 0 Å². The maximum Gasteiger partial charge on any atom is 0.141 e. The zero-order chi connectivity index (χ0) is 23.7. The van der Waals surface area contributed by atoms with Crippen LogP contribution < -0.4 is 0 Å². The highest BCUT2D eigenvalue weighted by molar-refractivity contribution is 6.15. The van der Waals surface area contributed by atoms with Gasteiger partial charge in [-0.1, -0.05) is 83.9 Å². The average molecular weight is 449 g/mol. The Morgan fingerprint density at radius 3 is 2.56 bits per heavy atom. The van der Waals surface area contributed by atoms with Crippen LogP contribution in [0.4, 0.5) is 4.48 Å². The molecule has 3 aromatic carbocycles. The molecule has 0 amide bonds. The van der Waals surface area contributed by atoms with E-state index in [4.69, 9.17) is 4.99 Å². The Morgan fingerprint density at radius 1 is 1.00 bits per heavy atom. The number of hydrogen-bond acceptors (Lipinski definition) is 2. The van der Waals surface area contributed by atoms with E-state index in [0.29, 0.717) is 12.1 Å². The summed E-state index contributed by atoms with van der Waals surface area (Å²) in [6.07, 6.45) is 14.8. The van der Waals surface area contributed by atoms with E-state index in [0.717, 1.165) is 40.4 Å². The number of rotatable bonds is 4. The highest BCUT2D eigenvalue weighted by atomic mass is 19.2. The second kappa shape index (κ2) is 9.26. The van der Waals surface area contributed by atoms with E-state index in [1.54, 1.807) is 6.08 Å². The van der Waals surface area contributed by atoms with Gasteiger partial charge in [0.15, 0.2) is 0 Å². The minimum absolute atomic E-state index is 0.00515. The summed E-state index contributed by atoms with van der Waals surface area (Å²) in [5.41, 5.74) is 7.00. The Kier molecular flexibility index (Phi) is 6.02. The summed E-state index contributed by atoms with van der Waals surface area (Å²) in [5, 5.41) is 5.67. The van der Waals surface area contributed by atoms with E-state index in [9.17, 15) is 0 Å². The maximum absolute atomic E-state index is 15.1. The first-order valence-corrected chi connectivity index (χ1v) is 11.9. The molecule has 0 fully saturated rings. The van der Waals surface area contributed by atoms with Crippen molar-refractivity contribution in [2.75, 3.05) is 6.67 Å². The largest absolute Gasteiger partial charge is 0.265 e. The van der Waals surface area contributed by atoms with Gasteiger partial charge >= 0.3 is 0 Å². The van der Waals surface area contributed by atoms with Crippen LogP contribution >= 0.6 is 0 Å². The molecule has 0 saturated heterocycles. The fourth-order valence-electron chi connectivity index (χ4n) is 5.14. The number of aryl methyl sites for hydroxylation is 1. The van der Waals surface area contributed by atoms with E-state index >= 15 is 4.48 Å². The minimum atomic E-state index is 0.00515. The second-order valence-corrected chi connectivity index (χ2v) is 8.99. The molecule has 0 radical (unpaired) electrons. The zero-order valence-corrected chi connectivity index (χ0v) is 19.8. The van der Waals surface area contributed by atoms with E-state index in [1.807, 2.05) is 19.1 Å². The van der Waals surface area contributed by atoms with Gasteiger partial charge in [-0.25, -0.2) is 0 Å². The molecular weight excluding hydrogens is 419 g/mol. The van der Waals surface area contributed by atoms with Crippen LogP contribution in [0.1, 0.15) is 42.9 Å². The predicted octanol–water partition coefficient (Wildman–Crippen LogP) is 8.39. The highest BCUT2D eigenvalue weighted by Gasteiger charge is 2.22. The standard InChI is InChI=1S/C31H29FN2/c1-4-5-13-26-22(3)25-14-9-10-15-27(25)28-17-16-24(19-29(26)28)30-18-21(2)31(34(32)20-33-30)23-11-7-6-8-12-23/h4-5,7,9-17,19H,1,6,8,18,20H2,2-3H3/b13-5-. The van der Waals surface area contributed by atoms with Gasteiger partial charge in [-0.2, -0.15) is 5.12 Å². The Labute approximate surface area is 200 Å². The normalized spacial score (nSPS) is 16.9. The van der Waals surface area contributed by atoms with Crippen LogP contribution in [0.5, 0.6) is 0 Å². The van der Waals surface area contributed by atoms with Gasteiger partial charge in [0.2, 0.25) is 0 Å². The van der Waals surface area contributed by atoms with Gasteiger partial charge in [0, 0.05) is 12.1 Å². The molecule has 3 aromatic rings. The minimum Gasteiger partial charge on any atom is -0.265 e. The number of halogens is 1. The van der Waals surface area contributed by atoms with Crippen LogP contribution in [0.2, 0.25) is 0 Å². The molecule has 0 spiro atoms. The summed E-state index contributed by atoms with van der Waals surface area (Å²) in [6.45, 7) is 8.04.